The second-order valence-corrected chi connectivity index (χ2v) is 5.58. The second-order valence-electron chi connectivity index (χ2n) is 5.58. The van der Waals surface area contributed by atoms with Gasteiger partial charge in [0.15, 0.2) is 11.1 Å². The summed E-state index contributed by atoms with van der Waals surface area (Å²) in [6, 6.07) is 3.05. The fourth-order valence-corrected chi connectivity index (χ4v) is 2.57. The molecule has 0 aliphatic heterocycles. The van der Waals surface area contributed by atoms with Crippen LogP contribution in [-0.2, 0) is 11.0 Å². The lowest BCUT2D eigenvalue weighted by atomic mass is 10.1. The summed E-state index contributed by atoms with van der Waals surface area (Å²) in [6.45, 7) is -0.747. The maximum atomic E-state index is 13.5. The third kappa shape index (κ3) is 3.43. The normalized spacial score (nSPS) is 11.6. The number of H-pyrrole nitrogens is 1. The van der Waals surface area contributed by atoms with E-state index in [1.165, 1.54) is 0 Å². The van der Waals surface area contributed by atoms with E-state index in [0.29, 0.717) is 12.1 Å². The summed E-state index contributed by atoms with van der Waals surface area (Å²) in [7, 11) is 0. The number of carbonyl (C=O) groups is 2. The van der Waals surface area contributed by atoms with Gasteiger partial charge < -0.3 is 10.4 Å². The quantitative estimate of drug-likeness (QED) is 0.578. The molecular weight excluding hydrogens is 388 g/mol. The summed E-state index contributed by atoms with van der Waals surface area (Å²) in [4.78, 5) is 38.9. The van der Waals surface area contributed by atoms with E-state index in [1.807, 2.05) is 5.32 Å². The van der Waals surface area contributed by atoms with E-state index in [2.05, 4.69) is 10.1 Å². The first-order valence-corrected chi connectivity index (χ1v) is 7.56. The van der Waals surface area contributed by atoms with Gasteiger partial charge in [-0.2, -0.15) is 13.2 Å². The van der Waals surface area contributed by atoms with Crippen LogP contribution in [-0.4, -0.2) is 38.1 Å². The molecule has 8 nitrogen and oxygen atoms in total. The molecule has 0 unspecified atom stereocenters. The van der Waals surface area contributed by atoms with Crippen molar-refractivity contribution in [1.29, 1.82) is 0 Å². The number of hydrogen-bond acceptors (Lipinski definition) is 4. The number of carbonyl (C=O) groups excluding carboxylic acids is 1. The summed E-state index contributed by atoms with van der Waals surface area (Å²) in [5, 5.41) is 13.2. The summed E-state index contributed by atoms with van der Waals surface area (Å²) in [6.07, 6.45) is -3.87. The molecule has 2 heterocycles. The predicted octanol–water partition coefficient (Wildman–Crippen LogP) is 1.66. The number of pyridine rings is 1. The van der Waals surface area contributed by atoms with Crippen LogP contribution in [0.4, 0.5) is 17.6 Å². The van der Waals surface area contributed by atoms with E-state index >= 15 is 0 Å². The van der Waals surface area contributed by atoms with E-state index in [4.69, 9.17) is 5.11 Å². The van der Waals surface area contributed by atoms with Crippen molar-refractivity contribution >= 4 is 17.5 Å². The molecule has 0 bridgehead atoms. The van der Waals surface area contributed by atoms with Crippen molar-refractivity contribution < 1.29 is 32.3 Å². The van der Waals surface area contributed by atoms with E-state index in [9.17, 15) is 31.9 Å². The topological polar surface area (TPSA) is 117 Å². The van der Waals surface area contributed by atoms with Crippen LogP contribution in [0.3, 0.4) is 0 Å². The average Bonchev–Trinajstić information content (AvgIpc) is 3.07. The Morgan fingerprint density at radius 2 is 1.96 bits per heavy atom. The molecule has 3 rings (SSSR count). The van der Waals surface area contributed by atoms with Gasteiger partial charge in [-0.25, -0.2) is 13.9 Å². The molecular formula is C16H10F4N4O4. The van der Waals surface area contributed by atoms with Crippen molar-refractivity contribution in [3.63, 3.8) is 0 Å². The fraction of sp³-hybridized carbons (Fsp3) is 0.125. The van der Waals surface area contributed by atoms with E-state index in [0.717, 1.165) is 23.0 Å². The number of fused-ring (bicyclic) bond motifs is 1. The Bertz CT molecular complexity index is 1150. The maximum Gasteiger partial charge on any atom is 0.419 e. The van der Waals surface area contributed by atoms with Gasteiger partial charge in [-0.15, -0.1) is 0 Å². The van der Waals surface area contributed by atoms with Crippen molar-refractivity contribution in [2.75, 3.05) is 6.54 Å². The number of carboxylic acid groups (broad SMARTS) is 1. The Balaban J connectivity index is 2.17. The van der Waals surface area contributed by atoms with Gasteiger partial charge in [0.25, 0.3) is 5.91 Å². The van der Waals surface area contributed by atoms with Crippen LogP contribution in [0.1, 0.15) is 15.9 Å². The van der Waals surface area contributed by atoms with Gasteiger partial charge >= 0.3 is 12.1 Å². The molecule has 0 radical (unpaired) electrons. The Morgan fingerprint density at radius 3 is 2.61 bits per heavy atom. The minimum Gasteiger partial charge on any atom is -0.480 e. The van der Waals surface area contributed by atoms with E-state index in [-0.39, 0.29) is 16.9 Å². The summed E-state index contributed by atoms with van der Waals surface area (Å²) >= 11 is 0. The fourth-order valence-electron chi connectivity index (χ4n) is 2.57. The Hall–Kier alpha value is -3.70. The van der Waals surface area contributed by atoms with Crippen molar-refractivity contribution in [2.24, 2.45) is 0 Å². The number of alkyl halides is 3. The van der Waals surface area contributed by atoms with Gasteiger partial charge in [-0.05, 0) is 18.2 Å². The largest absolute Gasteiger partial charge is 0.480 e. The van der Waals surface area contributed by atoms with Gasteiger partial charge in [-0.3, -0.25) is 19.5 Å². The van der Waals surface area contributed by atoms with Crippen LogP contribution < -0.4 is 10.7 Å². The molecule has 146 valence electrons. The van der Waals surface area contributed by atoms with E-state index in [1.54, 1.807) is 0 Å². The van der Waals surface area contributed by atoms with Crippen LogP contribution >= 0.6 is 0 Å². The van der Waals surface area contributed by atoms with Crippen molar-refractivity contribution in [1.82, 2.24) is 19.9 Å². The van der Waals surface area contributed by atoms with E-state index < -0.39 is 47.0 Å². The van der Waals surface area contributed by atoms with Gasteiger partial charge in [0.1, 0.15) is 24.3 Å². The zero-order chi connectivity index (χ0) is 20.6. The number of hydrogen-bond donors (Lipinski definition) is 3. The van der Waals surface area contributed by atoms with Crippen LogP contribution in [0.25, 0.3) is 16.9 Å². The van der Waals surface area contributed by atoms with Crippen LogP contribution in [0.2, 0.25) is 0 Å². The number of amides is 1. The summed E-state index contributed by atoms with van der Waals surface area (Å²) in [5.41, 5.74) is -3.40. The molecule has 12 heteroatoms. The van der Waals surface area contributed by atoms with Crippen molar-refractivity contribution in [2.45, 2.75) is 6.18 Å². The third-order valence-corrected chi connectivity index (χ3v) is 3.76. The molecule has 3 aromatic rings. The number of aliphatic carboxylic acids is 1. The number of rotatable bonds is 4. The van der Waals surface area contributed by atoms with Gasteiger partial charge in [0, 0.05) is 11.6 Å². The molecule has 1 aromatic carbocycles. The van der Waals surface area contributed by atoms with Gasteiger partial charge in [0.05, 0.1) is 11.3 Å². The predicted molar refractivity (Wildman–Crippen MR) is 86.2 cm³/mol. The van der Waals surface area contributed by atoms with Gasteiger partial charge in [-0.1, -0.05) is 0 Å². The first-order valence-electron chi connectivity index (χ1n) is 7.56. The van der Waals surface area contributed by atoms with Gasteiger partial charge in [0.2, 0.25) is 0 Å². The minimum absolute atomic E-state index is 0.0993. The Kier molecular flexibility index (Phi) is 4.63. The first-order chi connectivity index (χ1) is 13.1. The molecule has 1 amide bonds. The molecule has 2 aromatic heterocycles. The highest BCUT2D eigenvalue weighted by Crippen LogP contribution is 2.34. The zero-order valence-electron chi connectivity index (χ0n) is 13.7. The molecule has 3 N–H and O–H groups in total. The third-order valence-electron chi connectivity index (χ3n) is 3.76. The highest BCUT2D eigenvalue weighted by atomic mass is 19.4. The summed E-state index contributed by atoms with van der Waals surface area (Å²) < 4.78 is 53.5. The SMILES string of the molecule is O=C(O)CNC(=O)c1c(=O)cc(-c2ccc(F)c(C(F)(F)F)c2)n2[nH]cnc12. The van der Waals surface area contributed by atoms with Crippen LogP contribution in [0, 0.1) is 5.82 Å². The van der Waals surface area contributed by atoms with Crippen molar-refractivity contribution in [3.8, 4) is 11.3 Å². The zero-order valence-corrected chi connectivity index (χ0v) is 13.7. The maximum absolute atomic E-state index is 13.5. The van der Waals surface area contributed by atoms with Crippen molar-refractivity contribution in [3.05, 3.63) is 57.8 Å². The lowest BCUT2D eigenvalue weighted by molar-refractivity contribution is -0.140. The molecule has 0 fully saturated rings. The Labute approximate surface area is 152 Å². The first kappa shape index (κ1) is 19.1. The number of halogens is 4. The summed E-state index contributed by atoms with van der Waals surface area (Å²) in [5.74, 6) is -3.83. The standard InChI is InChI=1S/C16H10F4N4O4/c17-9-2-1-7(3-8(9)16(18,19)20)10-4-11(25)13(14-22-6-23-24(10)14)15(28)21-5-12(26)27/h1-4,6H,5H2,(H,21,28)(H,22,23)(H,26,27). The number of aromatic nitrogens is 3. The molecule has 0 aliphatic rings. The monoisotopic (exact) mass is 398 g/mol. The highest BCUT2D eigenvalue weighted by Gasteiger charge is 2.34. The number of carboxylic acids is 1. The number of benzene rings is 1. The molecule has 28 heavy (non-hydrogen) atoms. The minimum atomic E-state index is -4.95. The second kappa shape index (κ2) is 6.79. The molecule has 0 saturated heterocycles. The molecule has 0 spiro atoms. The number of nitrogens with zero attached hydrogens (tertiary/aromatic N) is 2. The van der Waals surface area contributed by atoms with Crippen LogP contribution in [0.15, 0.2) is 35.4 Å². The number of nitrogens with one attached hydrogen (secondary N) is 2. The Morgan fingerprint density at radius 1 is 1.25 bits per heavy atom. The lowest BCUT2D eigenvalue weighted by Crippen LogP contribution is -2.33. The molecule has 0 aliphatic carbocycles. The highest BCUT2D eigenvalue weighted by molar-refractivity contribution is 6.01. The smallest absolute Gasteiger partial charge is 0.419 e. The number of aromatic amines is 1. The lowest BCUT2D eigenvalue weighted by Gasteiger charge is -2.12. The average molecular weight is 398 g/mol. The van der Waals surface area contributed by atoms with Crippen LogP contribution in [0.5, 0.6) is 0 Å². The molecule has 0 saturated carbocycles. The molecule has 0 atom stereocenters.